The Balaban J connectivity index is 2.00. The van der Waals surface area contributed by atoms with Crippen LogP contribution in [0.5, 0.6) is 0 Å². The van der Waals surface area contributed by atoms with Crippen LogP contribution in [0.25, 0.3) is 0 Å². The van der Waals surface area contributed by atoms with Crippen LogP contribution in [0.1, 0.15) is 30.9 Å². The molecule has 1 aromatic rings. The van der Waals surface area contributed by atoms with Gasteiger partial charge >= 0.3 is 0 Å². The van der Waals surface area contributed by atoms with Crippen molar-refractivity contribution >= 4 is 15.9 Å². The Bertz CT molecular complexity index is 627. The second kappa shape index (κ2) is 7.85. The van der Waals surface area contributed by atoms with Gasteiger partial charge in [0.1, 0.15) is 5.82 Å². The summed E-state index contributed by atoms with van der Waals surface area (Å²) in [5.74, 6) is -0.630. The number of nitrogens with one attached hydrogen (secondary N) is 2. The van der Waals surface area contributed by atoms with Gasteiger partial charge in [0.2, 0.25) is 15.9 Å². The first-order chi connectivity index (χ1) is 10.8. The summed E-state index contributed by atoms with van der Waals surface area (Å²) in [7, 11) is -3.32. The maximum atomic E-state index is 13.1. The molecule has 2 rings (SSSR count). The van der Waals surface area contributed by atoms with Crippen molar-refractivity contribution in [2.24, 2.45) is 0 Å². The van der Waals surface area contributed by atoms with E-state index in [1.165, 1.54) is 12.1 Å². The first-order valence-corrected chi connectivity index (χ1v) is 9.35. The zero-order valence-corrected chi connectivity index (χ0v) is 13.7. The zero-order valence-electron chi connectivity index (χ0n) is 12.9. The lowest BCUT2D eigenvalue weighted by molar-refractivity contribution is -0.122. The molecule has 6 nitrogen and oxygen atoms in total. The smallest absolute Gasteiger partial charge is 0.221 e. The van der Waals surface area contributed by atoms with E-state index in [1.807, 2.05) is 0 Å². The summed E-state index contributed by atoms with van der Waals surface area (Å²) < 4.78 is 43.0. The number of rotatable bonds is 7. The number of ether oxygens (including phenoxy) is 1. The topological polar surface area (TPSA) is 84.5 Å². The summed E-state index contributed by atoms with van der Waals surface area (Å²) in [4.78, 5) is 12.1. The Morgan fingerprint density at radius 1 is 1.39 bits per heavy atom. The van der Waals surface area contributed by atoms with Crippen LogP contribution in [0.2, 0.25) is 0 Å². The van der Waals surface area contributed by atoms with Gasteiger partial charge in [0.05, 0.1) is 18.4 Å². The lowest BCUT2D eigenvalue weighted by Gasteiger charge is -2.25. The summed E-state index contributed by atoms with van der Waals surface area (Å²) >= 11 is 0. The van der Waals surface area contributed by atoms with Gasteiger partial charge in [0, 0.05) is 19.6 Å². The number of carbonyl (C=O) groups is 1. The van der Waals surface area contributed by atoms with Crippen LogP contribution in [0.3, 0.4) is 0 Å². The highest BCUT2D eigenvalue weighted by Crippen LogP contribution is 2.27. The van der Waals surface area contributed by atoms with Crippen LogP contribution < -0.4 is 10.0 Å². The van der Waals surface area contributed by atoms with Crippen LogP contribution in [0.4, 0.5) is 4.39 Å². The van der Waals surface area contributed by atoms with Gasteiger partial charge in [-0.1, -0.05) is 12.1 Å². The number of halogens is 1. The van der Waals surface area contributed by atoms with Crippen LogP contribution in [0.15, 0.2) is 24.3 Å². The van der Waals surface area contributed by atoms with Crippen molar-refractivity contribution < 1.29 is 22.3 Å². The molecule has 2 unspecified atom stereocenters. The van der Waals surface area contributed by atoms with E-state index in [-0.39, 0.29) is 36.8 Å². The van der Waals surface area contributed by atoms with Crippen LogP contribution >= 0.6 is 0 Å². The fraction of sp³-hybridized carbons (Fsp3) is 0.533. The molecule has 0 aliphatic carbocycles. The summed E-state index contributed by atoms with van der Waals surface area (Å²) in [5.41, 5.74) is 0.766. The largest absolute Gasteiger partial charge is 0.376 e. The normalized spacial score (nSPS) is 19.5. The number of sulfonamides is 1. The molecule has 128 valence electrons. The van der Waals surface area contributed by atoms with Crippen molar-refractivity contribution in [1.82, 2.24) is 10.0 Å². The predicted octanol–water partition coefficient (Wildman–Crippen LogP) is 1.10. The average Bonchev–Trinajstić information content (AvgIpc) is 2.98. The zero-order chi connectivity index (χ0) is 16.9. The van der Waals surface area contributed by atoms with Crippen LogP contribution in [-0.4, -0.2) is 39.8 Å². The molecule has 2 atom stereocenters. The summed E-state index contributed by atoms with van der Waals surface area (Å²) in [6.45, 7) is 0.667. The van der Waals surface area contributed by atoms with Crippen molar-refractivity contribution in [3.05, 3.63) is 35.6 Å². The minimum absolute atomic E-state index is 0.0253. The fourth-order valence-electron chi connectivity index (χ4n) is 2.52. The van der Waals surface area contributed by atoms with E-state index in [1.54, 1.807) is 12.1 Å². The van der Waals surface area contributed by atoms with Gasteiger partial charge in [0.15, 0.2) is 0 Å². The first-order valence-electron chi connectivity index (χ1n) is 7.46. The second-order valence-corrected chi connectivity index (χ2v) is 7.40. The van der Waals surface area contributed by atoms with Crippen LogP contribution in [0, 0.1) is 5.82 Å². The summed E-state index contributed by atoms with van der Waals surface area (Å²) in [5, 5.41) is 2.86. The number of hydrogen-bond acceptors (Lipinski definition) is 4. The Morgan fingerprint density at radius 3 is 2.65 bits per heavy atom. The molecule has 0 spiro atoms. The highest BCUT2D eigenvalue weighted by molar-refractivity contribution is 7.88. The van der Waals surface area contributed by atoms with Crippen molar-refractivity contribution in [3.8, 4) is 0 Å². The van der Waals surface area contributed by atoms with Crippen molar-refractivity contribution in [1.29, 1.82) is 0 Å². The van der Waals surface area contributed by atoms with E-state index >= 15 is 0 Å². The van der Waals surface area contributed by atoms with E-state index in [4.69, 9.17) is 4.74 Å². The molecule has 1 fully saturated rings. The van der Waals surface area contributed by atoms with E-state index in [0.29, 0.717) is 6.61 Å². The Hall–Kier alpha value is -1.51. The number of carbonyl (C=O) groups excluding carboxylic acids is 1. The van der Waals surface area contributed by atoms with Crippen molar-refractivity contribution in [2.75, 3.05) is 19.4 Å². The molecule has 23 heavy (non-hydrogen) atoms. The average molecular weight is 344 g/mol. The molecule has 1 saturated heterocycles. The summed E-state index contributed by atoms with van der Waals surface area (Å²) in [6, 6.07) is 5.56. The lowest BCUT2D eigenvalue weighted by Crippen LogP contribution is -2.37. The molecule has 2 N–H and O–H groups in total. The van der Waals surface area contributed by atoms with Gasteiger partial charge in [-0.25, -0.2) is 17.5 Å². The van der Waals surface area contributed by atoms with Crippen LogP contribution in [-0.2, 0) is 19.6 Å². The highest BCUT2D eigenvalue weighted by Gasteiger charge is 2.28. The van der Waals surface area contributed by atoms with Gasteiger partial charge in [-0.3, -0.25) is 4.79 Å². The maximum Gasteiger partial charge on any atom is 0.221 e. The van der Waals surface area contributed by atoms with E-state index < -0.39 is 10.0 Å². The third kappa shape index (κ3) is 5.89. The van der Waals surface area contributed by atoms with Gasteiger partial charge in [-0.15, -0.1) is 0 Å². The number of amides is 1. The van der Waals surface area contributed by atoms with Gasteiger partial charge in [-0.05, 0) is 30.5 Å². The maximum absolute atomic E-state index is 13.1. The van der Waals surface area contributed by atoms with E-state index in [2.05, 4.69) is 10.0 Å². The van der Waals surface area contributed by atoms with Gasteiger partial charge < -0.3 is 10.1 Å². The Labute approximate surface area is 135 Å². The molecule has 0 radical (unpaired) electrons. The molecule has 1 aromatic carbocycles. The molecule has 0 aromatic heterocycles. The minimum Gasteiger partial charge on any atom is -0.376 e. The second-order valence-electron chi connectivity index (χ2n) is 5.56. The number of benzene rings is 1. The Kier molecular flexibility index (Phi) is 6.09. The molecule has 1 amide bonds. The Morgan fingerprint density at radius 2 is 2.09 bits per heavy atom. The SMILES string of the molecule is CS(=O)(=O)NCCC(=O)NC(c1ccc(F)cc1)C1CCCO1. The lowest BCUT2D eigenvalue weighted by atomic mass is 9.99. The predicted molar refractivity (Wildman–Crippen MR) is 83.7 cm³/mol. The van der Waals surface area contributed by atoms with Crippen molar-refractivity contribution in [2.45, 2.75) is 31.4 Å². The van der Waals surface area contributed by atoms with Crippen molar-refractivity contribution in [3.63, 3.8) is 0 Å². The molecule has 0 saturated carbocycles. The minimum atomic E-state index is -3.32. The molecule has 1 aliphatic rings. The van der Waals surface area contributed by atoms with E-state index in [0.717, 1.165) is 24.7 Å². The first kappa shape index (κ1) is 17.8. The third-order valence-corrected chi connectivity index (χ3v) is 4.33. The monoisotopic (exact) mass is 344 g/mol. The molecule has 1 aliphatic heterocycles. The third-order valence-electron chi connectivity index (χ3n) is 3.60. The molecule has 0 bridgehead atoms. The molecule has 1 heterocycles. The molecular formula is C15H21FN2O4S. The molecular weight excluding hydrogens is 323 g/mol. The van der Waals surface area contributed by atoms with Gasteiger partial charge in [0.25, 0.3) is 0 Å². The standard InChI is InChI=1S/C15H21FN2O4S/c1-23(20,21)17-9-8-14(19)18-15(13-3-2-10-22-13)11-4-6-12(16)7-5-11/h4-7,13,15,17H,2-3,8-10H2,1H3,(H,18,19). The highest BCUT2D eigenvalue weighted by atomic mass is 32.2. The summed E-state index contributed by atoms with van der Waals surface area (Å²) in [6.07, 6.45) is 2.63. The fourth-order valence-corrected chi connectivity index (χ4v) is 2.99. The molecule has 8 heteroatoms. The number of hydrogen-bond donors (Lipinski definition) is 2. The van der Waals surface area contributed by atoms with Gasteiger partial charge in [-0.2, -0.15) is 0 Å². The quantitative estimate of drug-likeness (QED) is 0.776. The van der Waals surface area contributed by atoms with E-state index in [9.17, 15) is 17.6 Å².